The molecule has 1 N–H and O–H groups in total. The molecule has 0 aromatic carbocycles. The summed E-state index contributed by atoms with van der Waals surface area (Å²) in [4.78, 5) is 10.3. The maximum absolute atomic E-state index is 5.41. The lowest BCUT2D eigenvalue weighted by Gasteiger charge is -2.26. The molecule has 4 rings (SSSR count). The number of fused-ring (bicyclic) bond motifs is 1. The molecule has 6 heteroatoms. The van der Waals surface area contributed by atoms with E-state index in [0.717, 1.165) is 57.0 Å². The molecule has 1 fully saturated rings. The Morgan fingerprint density at radius 1 is 1.19 bits per heavy atom. The molecule has 3 aromatic rings. The van der Waals surface area contributed by atoms with Crippen LogP contribution in [0, 0.1) is 5.92 Å². The Hall–Kier alpha value is -2.18. The number of morpholine rings is 1. The van der Waals surface area contributed by atoms with Crippen LogP contribution in [0.3, 0.4) is 0 Å². The lowest BCUT2D eigenvalue weighted by Crippen LogP contribution is -2.38. The highest BCUT2D eigenvalue weighted by Crippen LogP contribution is 2.28. The zero-order chi connectivity index (χ0) is 17.9. The molecule has 3 aromatic heterocycles. The van der Waals surface area contributed by atoms with Gasteiger partial charge < -0.3 is 9.72 Å². The first kappa shape index (κ1) is 17.2. The minimum Gasteiger partial charge on any atom is -0.379 e. The van der Waals surface area contributed by atoms with Crippen LogP contribution in [0.1, 0.15) is 19.4 Å². The fourth-order valence-electron chi connectivity index (χ4n) is 3.56. The molecule has 1 aliphatic rings. The number of aromatic nitrogens is 4. The van der Waals surface area contributed by atoms with Gasteiger partial charge in [-0.15, -0.1) is 0 Å². The van der Waals surface area contributed by atoms with Crippen molar-refractivity contribution in [1.82, 2.24) is 24.6 Å². The van der Waals surface area contributed by atoms with Gasteiger partial charge >= 0.3 is 0 Å². The van der Waals surface area contributed by atoms with Gasteiger partial charge in [0.2, 0.25) is 0 Å². The molecular formula is C20H27N5O. The Kier molecular flexibility index (Phi) is 5.04. The molecule has 0 saturated carbocycles. The summed E-state index contributed by atoms with van der Waals surface area (Å²) in [6, 6.07) is 2.26. The molecule has 4 heterocycles. The third-order valence-corrected chi connectivity index (χ3v) is 4.92. The fourth-order valence-corrected chi connectivity index (χ4v) is 3.56. The molecule has 1 aliphatic heterocycles. The number of H-pyrrole nitrogens is 1. The van der Waals surface area contributed by atoms with Crippen molar-refractivity contribution in [1.29, 1.82) is 0 Å². The van der Waals surface area contributed by atoms with Crippen molar-refractivity contribution in [2.75, 3.05) is 32.8 Å². The summed E-state index contributed by atoms with van der Waals surface area (Å²) in [6.07, 6.45) is 9.16. The van der Waals surface area contributed by atoms with Crippen LogP contribution in [0.5, 0.6) is 0 Å². The highest BCUT2D eigenvalue weighted by atomic mass is 16.5. The van der Waals surface area contributed by atoms with Crippen molar-refractivity contribution < 1.29 is 4.74 Å². The Bertz CT molecular complexity index is 860. The predicted molar refractivity (Wildman–Crippen MR) is 103 cm³/mol. The summed E-state index contributed by atoms with van der Waals surface area (Å²) >= 11 is 0. The van der Waals surface area contributed by atoms with Gasteiger partial charge in [-0.25, -0.2) is 4.98 Å². The number of aromatic amines is 1. The van der Waals surface area contributed by atoms with Crippen molar-refractivity contribution in [2.24, 2.45) is 5.92 Å². The minimum atomic E-state index is 0.625. The molecular weight excluding hydrogens is 326 g/mol. The quantitative estimate of drug-likeness (QED) is 0.740. The molecule has 6 nitrogen and oxygen atoms in total. The van der Waals surface area contributed by atoms with Gasteiger partial charge in [0, 0.05) is 54.7 Å². The molecule has 1 saturated heterocycles. The zero-order valence-corrected chi connectivity index (χ0v) is 15.6. The zero-order valence-electron chi connectivity index (χ0n) is 15.6. The average molecular weight is 353 g/mol. The monoisotopic (exact) mass is 353 g/mol. The summed E-state index contributed by atoms with van der Waals surface area (Å²) in [7, 11) is 0. The van der Waals surface area contributed by atoms with E-state index in [1.807, 2.05) is 23.3 Å². The van der Waals surface area contributed by atoms with E-state index in [9.17, 15) is 0 Å². The van der Waals surface area contributed by atoms with Crippen LogP contribution in [0.2, 0.25) is 0 Å². The van der Waals surface area contributed by atoms with Crippen molar-refractivity contribution in [3.63, 3.8) is 0 Å². The molecule has 0 unspecified atom stereocenters. The number of hydrogen-bond acceptors (Lipinski definition) is 4. The Morgan fingerprint density at radius 3 is 2.85 bits per heavy atom. The van der Waals surface area contributed by atoms with E-state index in [2.05, 4.69) is 46.1 Å². The lowest BCUT2D eigenvalue weighted by molar-refractivity contribution is 0.0360. The molecule has 0 aliphatic carbocycles. The van der Waals surface area contributed by atoms with Gasteiger partial charge in [-0.3, -0.25) is 9.58 Å². The van der Waals surface area contributed by atoms with E-state index in [-0.39, 0.29) is 0 Å². The second-order valence-electron chi connectivity index (χ2n) is 7.49. The van der Waals surface area contributed by atoms with E-state index < -0.39 is 0 Å². The third kappa shape index (κ3) is 3.81. The van der Waals surface area contributed by atoms with Gasteiger partial charge in [0.1, 0.15) is 5.65 Å². The Labute approximate surface area is 154 Å². The van der Waals surface area contributed by atoms with Crippen LogP contribution in [-0.2, 0) is 17.7 Å². The van der Waals surface area contributed by atoms with Gasteiger partial charge in [0.25, 0.3) is 0 Å². The summed E-state index contributed by atoms with van der Waals surface area (Å²) in [5.41, 5.74) is 4.54. The van der Waals surface area contributed by atoms with Crippen LogP contribution >= 0.6 is 0 Å². The Balaban J connectivity index is 1.51. The largest absolute Gasteiger partial charge is 0.379 e. The van der Waals surface area contributed by atoms with Gasteiger partial charge in [-0.05, 0) is 24.0 Å². The van der Waals surface area contributed by atoms with Gasteiger partial charge in [-0.2, -0.15) is 5.10 Å². The van der Waals surface area contributed by atoms with E-state index in [0.29, 0.717) is 5.92 Å². The molecule has 138 valence electrons. The molecule has 0 radical (unpaired) electrons. The maximum Gasteiger partial charge on any atom is 0.137 e. The predicted octanol–water partition coefficient (Wildman–Crippen LogP) is 2.96. The summed E-state index contributed by atoms with van der Waals surface area (Å²) in [6.45, 7) is 10.1. The standard InChI is InChI=1S/C20H27N5O/c1-15(2)9-16-10-18-19(13-22-20(18)21-11-16)17-12-23-25(14-17)4-3-24-5-7-26-8-6-24/h10-15H,3-9H2,1-2H3,(H,21,22). The number of hydrogen-bond donors (Lipinski definition) is 1. The van der Waals surface area contributed by atoms with Crippen molar-refractivity contribution in [3.8, 4) is 11.1 Å². The molecule has 0 amide bonds. The second kappa shape index (κ2) is 7.60. The third-order valence-electron chi connectivity index (χ3n) is 4.92. The topological polar surface area (TPSA) is 59.0 Å². The first-order valence-corrected chi connectivity index (χ1v) is 9.48. The average Bonchev–Trinajstić information content (AvgIpc) is 3.26. The lowest BCUT2D eigenvalue weighted by atomic mass is 10.0. The minimum absolute atomic E-state index is 0.625. The van der Waals surface area contributed by atoms with Gasteiger partial charge in [0.05, 0.1) is 26.0 Å². The smallest absolute Gasteiger partial charge is 0.137 e. The summed E-state index contributed by atoms with van der Waals surface area (Å²) < 4.78 is 7.44. The van der Waals surface area contributed by atoms with Crippen LogP contribution in [0.15, 0.2) is 30.9 Å². The van der Waals surface area contributed by atoms with Gasteiger partial charge in [-0.1, -0.05) is 13.8 Å². The Morgan fingerprint density at radius 2 is 2.04 bits per heavy atom. The van der Waals surface area contributed by atoms with E-state index in [1.54, 1.807) is 0 Å². The summed E-state index contributed by atoms with van der Waals surface area (Å²) in [5.74, 6) is 0.625. The fraction of sp³-hybridized carbons (Fsp3) is 0.500. The highest BCUT2D eigenvalue weighted by molar-refractivity contribution is 5.93. The highest BCUT2D eigenvalue weighted by Gasteiger charge is 2.13. The SMILES string of the molecule is CC(C)Cc1cnc2[nH]cc(-c3cnn(CCN4CCOCC4)c3)c2c1. The first-order valence-electron chi connectivity index (χ1n) is 9.48. The maximum atomic E-state index is 5.41. The first-order chi connectivity index (χ1) is 12.7. The van der Waals surface area contributed by atoms with Crippen LogP contribution in [0.25, 0.3) is 22.2 Å². The van der Waals surface area contributed by atoms with Crippen molar-refractivity contribution >= 4 is 11.0 Å². The van der Waals surface area contributed by atoms with Crippen molar-refractivity contribution in [3.05, 3.63) is 36.4 Å². The van der Waals surface area contributed by atoms with Crippen LogP contribution < -0.4 is 0 Å². The van der Waals surface area contributed by atoms with Gasteiger partial charge in [0.15, 0.2) is 0 Å². The van der Waals surface area contributed by atoms with Crippen molar-refractivity contribution in [2.45, 2.75) is 26.8 Å². The molecule has 0 spiro atoms. The molecule has 0 bridgehead atoms. The summed E-state index contributed by atoms with van der Waals surface area (Å²) in [5, 5.41) is 5.74. The molecule has 0 atom stereocenters. The normalized spacial score (nSPS) is 16.0. The number of pyridine rings is 1. The van der Waals surface area contributed by atoms with Crippen LogP contribution in [0.4, 0.5) is 0 Å². The van der Waals surface area contributed by atoms with E-state index in [1.165, 1.54) is 16.5 Å². The number of nitrogens with zero attached hydrogens (tertiary/aromatic N) is 4. The van der Waals surface area contributed by atoms with E-state index >= 15 is 0 Å². The number of nitrogens with one attached hydrogen (secondary N) is 1. The van der Waals surface area contributed by atoms with Crippen LogP contribution in [-0.4, -0.2) is 57.5 Å². The number of ether oxygens (including phenoxy) is 1. The van der Waals surface area contributed by atoms with E-state index in [4.69, 9.17) is 4.74 Å². The molecule has 26 heavy (non-hydrogen) atoms. The number of rotatable bonds is 6. The second-order valence-corrected chi connectivity index (χ2v) is 7.49.